The van der Waals surface area contributed by atoms with Gasteiger partial charge in [-0.2, -0.15) is 0 Å². The SMILES string of the molecule is C=CS(=O)(=NCc1ccc(OC)cc1)c1ccccc1. The van der Waals surface area contributed by atoms with Gasteiger partial charge in [0.1, 0.15) is 5.75 Å². The molecule has 2 rings (SSSR count). The molecule has 1 unspecified atom stereocenters. The molecule has 0 radical (unpaired) electrons. The van der Waals surface area contributed by atoms with Crippen molar-refractivity contribution in [3.63, 3.8) is 0 Å². The number of ether oxygens (including phenoxy) is 1. The molecule has 0 saturated carbocycles. The van der Waals surface area contributed by atoms with Crippen LogP contribution in [0.25, 0.3) is 0 Å². The Bertz CT molecular complexity index is 684. The number of hydrogen-bond donors (Lipinski definition) is 0. The van der Waals surface area contributed by atoms with E-state index in [9.17, 15) is 4.21 Å². The van der Waals surface area contributed by atoms with Crippen molar-refractivity contribution in [3.8, 4) is 5.75 Å². The fourth-order valence-corrected chi connectivity index (χ4v) is 3.08. The summed E-state index contributed by atoms with van der Waals surface area (Å²) in [6.45, 7) is 4.04. The summed E-state index contributed by atoms with van der Waals surface area (Å²) < 4.78 is 22.2. The summed E-state index contributed by atoms with van der Waals surface area (Å²) in [5, 5.41) is 1.42. The first-order chi connectivity index (χ1) is 9.68. The third-order valence-corrected chi connectivity index (χ3v) is 4.82. The van der Waals surface area contributed by atoms with Crippen molar-refractivity contribution in [2.45, 2.75) is 11.4 Å². The summed E-state index contributed by atoms with van der Waals surface area (Å²) in [6, 6.07) is 16.8. The molecule has 20 heavy (non-hydrogen) atoms. The second-order valence-corrected chi connectivity index (χ2v) is 6.38. The molecule has 0 saturated heterocycles. The first-order valence-electron chi connectivity index (χ1n) is 6.21. The zero-order chi connectivity index (χ0) is 14.4. The van der Waals surface area contributed by atoms with E-state index in [1.54, 1.807) is 7.11 Å². The van der Waals surface area contributed by atoms with E-state index in [1.807, 2.05) is 54.6 Å². The van der Waals surface area contributed by atoms with Gasteiger partial charge in [0.25, 0.3) is 0 Å². The zero-order valence-corrected chi connectivity index (χ0v) is 12.2. The molecule has 4 heteroatoms. The highest BCUT2D eigenvalue weighted by atomic mass is 32.2. The molecule has 0 heterocycles. The number of methoxy groups -OCH3 is 1. The van der Waals surface area contributed by atoms with Gasteiger partial charge in [0, 0.05) is 5.41 Å². The third-order valence-electron chi connectivity index (χ3n) is 2.90. The Morgan fingerprint density at radius 3 is 2.35 bits per heavy atom. The maximum atomic E-state index is 12.7. The van der Waals surface area contributed by atoms with E-state index in [2.05, 4.69) is 10.9 Å². The summed E-state index contributed by atoms with van der Waals surface area (Å²) in [5.74, 6) is 0.793. The topological polar surface area (TPSA) is 38.7 Å². The molecular weight excluding hydrogens is 270 g/mol. The van der Waals surface area contributed by atoms with Crippen molar-refractivity contribution in [2.24, 2.45) is 4.36 Å². The number of hydrogen-bond acceptors (Lipinski definition) is 3. The van der Waals surface area contributed by atoms with Gasteiger partial charge in [-0.25, -0.2) is 8.57 Å². The summed E-state index contributed by atoms with van der Waals surface area (Å²) in [6.07, 6.45) is 0. The van der Waals surface area contributed by atoms with Gasteiger partial charge in [-0.05, 0) is 29.8 Å². The van der Waals surface area contributed by atoms with Crippen molar-refractivity contribution in [2.75, 3.05) is 7.11 Å². The van der Waals surface area contributed by atoms with Gasteiger partial charge in [0.05, 0.1) is 28.3 Å². The molecule has 0 aliphatic rings. The molecule has 0 aliphatic heterocycles. The minimum absolute atomic E-state index is 0.379. The van der Waals surface area contributed by atoms with E-state index in [0.717, 1.165) is 11.3 Å². The predicted octanol–water partition coefficient (Wildman–Crippen LogP) is 3.87. The highest BCUT2D eigenvalue weighted by Gasteiger charge is 2.07. The molecule has 0 amide bonds. The van der Waals surface area contributed by atoms with Crippen molar-refractivity contribution < 1.29 is 8.95 Å². The molecule has 0 aliphatic carbocycles. The fourth-order valence-electron chi connectivity index (χ4n) is 1.74. The fraction of sp³-hybridized carbons (Fsp3) is 0.125. The van der Waals surface area contributed by atoms with Gasteiger partial charge in [-0.15, -0.1) is 0 Å². The first-order valence-corrected chi connectivity index (χ1v) is 7.79. The lowest BCUT2D eigenvalue weighted by atomic mass is 10.2. The number of benzene rings is 2. The average Bonchev–Trinajstić information content (AvgIpc) is 2.54. The van der Waals surface area contributed by atoms with Gasteiger partial charge in [0.15, 0.2) is 0 Å². The van der Waals surface area contributed by atoms with Crippen LogP contribution < -0.4 is 4.74 Å². The lowest BCUT2D eigenvalue weighted by Gasteiger charge is -2.06. The molecule has 2 aromatic carbocycles. The quantitative estimate of drug-likeness (QED) is 0.837. The van der Waals surface area contributed by atoms with Crippen molar-refractivity contribution in [1.29, 1.82) is 0 Å². The Labute approximate surface area is 120 Å². The van der Waals surface area contributed by atoms with Crippen LogP contribution in [0, 0.1) is 0 Å². The molecule has 3 nitrogen and oxygen atoms in total. The Kier molecular flexibility index (Phi) is 4.58. The standard InChI is InChI=1S/C16H17NO2S/c1-3-20(18,16-7-5-4-6-8-16)17-13-14-9-11-15(19-2)12-10-14/h3-12H,1,13H2,2H3. The van der Waals surface area contributed by atoms with Crippen LogP contribution in [0.4, 0.5) is 0 Å². The van der Waals surface area contributed by atoms with Gasteiger partial charge in [-0.3, -0.25) is 0 Å². The highest BCUT2D eigenvalue weighted by molar-refractivity contribution is 7.96. The maximum absolute atomic E-state index is 12.7. The molecule has 0 N–H and O–H groups in total. The van der Waals surface area contributed by atoms with E-state index < -0.39 is 9.73 Å². The van der Waals surface area contributed by atoms with Crippen LogP contribution in [0.2, 0.25) is 0 Å². The smallest absolute Gasteiger partial charge is 0.118 e. The summed E-state index contributed by atoms with van der Waals surface area (Å²) in [4.78, 5) is 0.684. The number of nitrogens with zero attached hydrogens (tertiary/aromatic N) is 1. The Hall–Kier alpha value is -2.07. The Morgan fingerprint density at radius 1 is 1.15 bits per heavy atom. The van der Waals surface area contributed by atoms with Crippen LogP contribution in [-0.4, -0.2) is 11.3 Å². The van der Waals surface area contributed by atoms with E-state index in [-0.39, 0.29) is 0 Å². The van der Waals surface area contributed by atoms with E-state index in [4.69, 9.17) is 4.74 Å². The largest absolute Gasteiger partial charge is 0.497 e. The van der Waals surface area contributed by atoms with E-state index in [1.165, 1.54) is 5.41 Å². The van der Waals surface area contributed by atoms with Gasteiger partial charge in [0.2, 0.25) is 0 Å². The summed E-state index contributed by atoms with van der Waals surface area (Å²) in [7, 11) is -0.938. The highest BCUT2D eigenvalue weighted by Crippen LogP contribution is 2.17. The lowest BCUT2D eigenvalue weighted by molar-refractivity contribution is 0.414. The van der Waals surface area contributed by atoms with E-state index in [0.29, 0.717) is 11.4 Å². The van der Waals surface area contributed by atoms with E-state index >= 15 is 0 Å². The average molecular weight is 287 g/mol. The molecule has 0 aromatic heterocycles. The summed E-state index contributed by atoms with van der Waals surface area (Å²) in [5.41, 5.74) is 0.983. The van der Waals surface area contributed by atoms with Crippen molar-refractivity contribution in [3.05, 3.63) is 72.1 Å². The molecule has 1 atom stereocenters. The van der Waals surface area contributed by atoms with Crippen LogP contribution in [0.1, 0.15) is 5.56 Å². The Morgan fingerprint density at radius 2 is 1.80 bits per heavy atom. The van der Waals surface area contributed by atoms with Crippen molar-refractivity contribution in [1.82, 2.24) is 0 Å². The molecule has 104 valence electrons. The van der Waals surface area contributed by atoms with Crippen LogP contribution in [0.15, 0.2) is 75.8 Å². The minimum Gasteiger partial charge on any atom is -0.497 e. The molecule has 2 aromatic rings. The van der Waals surface area contributed by atoms with Gasteiger partial charge >= 0.3 is 0 Å². The van der Waals surface area contributed by atoms with Gasteiger partial charge in [-0.1, -0.05) is 36.9 Å². The maximum Gasteiger partial charge on any atom is 0.118 e. The van der Waals surface area contributed by atoms with Crippen molar-refractivity contribution >= 4 is 9.73 Å². The first kappa shape index (κ1) is 14.3. The third kappa shape index (κ3) is 3.27. The van der Waals surface area contributed by atoms with Crippen LogP contribution in [0.3, 0.4) is 0 Å². The molecule has 0 bridgehead atoms. The number of rotatable bonds is 5. The van der Waals surface area contributed by atoms with Crippen LogP contribution in [-0.2, 0) is 16.3 Å². The second kappa shape index (κ2) is 6.39. The van der Waals surface area contributed by atoms with Gasteiger partial charge < -0.3 is 4.74 Å². The minimum atomic E-state index is -2.56. The lowest BCUT2D eigenvalue weighted by Crippen LogP contribution is -1.97. The molecule has 0 spiro atoms. The zero-order valence-electron chi connectivity index (χ0n) is 11.4. The Balaban J connectivity index is 2.27. The van der Waals surface area contributed by atoms with Crippen LogP contribution >= 0.6 is 0 Å². The monoisotopic (exact) mass is 287 g/mol. The summed E-state index contributed by atoms with van der Waals surface area (Å²) >= 11 is 0. The normalized spacial score (nSPS) is 13.2. The second-order valence-electron chi connectivity index (χ2n) is 4.18. The molecule has 0 fully saturated rings. The predicted molar refractivity (Wildman–Crippen MR) is 82.2 cm³/mol. The molecular formula is C16H17NO2S. The van der Waals surface area contributed by atoms with Crippen LogP contribution in [0.5, 0.6) is 5.75 Å².